The smallest absolute Gasteiger partial charge is 0.340 e. The van der Waals surface area contributed by atoms with Gasteiger partial charge >= 0.3 is 5.97 Å². The predicted octanol–water partition coefficient (Wildman–Crippen LogP) is 7.40. The van der Waals surface area contributed by atoms with Crippen LogP contribution in [0.15, 0.2) is 149 Å². The van der Waals surface area contributed by atoms with Crippen molar-refractivity contribution in [1.82, 2.24) is 0 Å². The van der Waals surface area contributed by atoms with Crippen molar-refractivity contribution in [2.24, 2.45) is 10.2 Å². The number of hydrogen-bond acceptors (Lipinski definition) is 5. The number of hydrogen-bond donors (Lipinski definition) is 0. The van der Waals surface area contributed by atoms with Crippen LogP contribution >= 0.6 is 7.05 Å². The number of carbonyl (C=O) groups is 2. The standard InChI is InChI=1S/C38H36NO4P/c1-4-42-37(41)35-33(27-17-9-5-10-18-27)34-31(40)25-38(2,3)26-32(34)43-36(35)39-44(28-19-11-6-12-20-28,29-21-13-7-14-22-29)30-23-15-8-16-24-30/h5-24,33H,4,25-26H2,1-3H3. The lowest BCUT2D eigenvalue weighted by molar-refractivity contribution is -0.139. The molecule has 0 bridgehead atoms. The first-order chi connectivity index (χ1) is 21.3. The van der Waals surface area contributed by atoms with Gasteiger partial charge in [0.2, 0.25) is 5.88 Å². The Labute approximate surface area is 259 Å². The topological polar surface area (TPSA) is 65.0 Å². The summed E-state index contributed by atoms with van der Waals surface area (Å²) in [5.41, 5.74) is 1.32. The molecule has 1 atom stereocenters. The second-order valence-electron chi connectivity index (χ2n) is 11.9. The van der Waals surface area contributed by atoms with E-state index in [1.807, 2.05) is 84.9 Å². The molecule has 0 saturated heterocycles. The third-order valence-corrected chi connectivity index (χ3v) is 11.8. The van der Waals surface area contributed by atoms with E-state index < -0.39 is 18.9 Å². The average molecular weight is 602 g/mol. The van der Waals surface area contributed by atoms with Gasteiger partial charge in [0.15, 0.2) is 5.78 Å². The normalized spacial score (nSPS) is 17.9. The van der Waals surface area contributed by atoms with Gasteiger partial charge in [0.1, 0.15) is 11.3 Å². The molecule has 6 heteroatoms. The molecule has 1 unspecified atom stereocenters. The van der Waals surface area contributed by atoms with Gasteiger partial charge in [0.05, 0.1) is 19.6 Å². The molecule has 5 nitrogen and oxygen atoms in total. The summed E-state index contributed by atoms with van der Waals surface area (Å²) in [6.45, 7) is 6.11. The van der Waals surface area contributed by atoms with Crippen molar-refractivity contribution in [2.75, 3.05) is 6.61 Å². The molecule has 0 radical (unpaired) electrons. The van der Waals surface area contributed by atoms with Crippen LogP contribution in [0.3, 0.4) is 0 Å². The maximum atomic E-state index is 14.1. The van der Waals surface area contributed by atoms with Crippen LogP contribution < -0.4 is 15.9 Å². The van der Waals surface area contributed by atoms with Crippen molar-refractivity contribution in [1.29, 1.82) is 0 Å². The highest BCUT2D eigenvalue weighted by Gasteiger charge is 2.46. The van der Waals surface area contributed by atoms with E-state index in [0.717, 1.165) is 21.5 Å². The van der Waals surface area contributed by atoms with Crippen LogP contribution in [0.2, 0.25) is 0 Å². The lowest BCUT2D eigenvalue weighted by Crippen LogP contribution is -2.34. The fraction of sp³-hybridized carbons (Fsp3) is 0.211. The molecular weight excluding hydrogens is 565 g/mol. The van der Waals surface area contributed by atoms with Gasteiger partial charge in [-0.15, -0.1) is 0 Å². The Morgan fingerprint density at radius 1 is 0.795 bits per heavy atom. The van der Waals surface area contributed by atoms with Crippen molar-refractivity contribution in [3.8, 4) is 0 Å². The molecule has 1 aliphatic heterocycles. The minimum Gasteiger partial charge on any atom is -0.462 e. The van der Waals surface area contributed by atoms with Crippen molar-refractivity contribution in [3.05, 3.63) is 150 Å². The van der Waals surface area contributed by atoms with Gasteiger partial charge in [-0.3, -0.25) is 4.79 Å². The summed E-state index contributed by atoms with van der Waals surface area (Å²) < 4.78 is 18.1. The summed E-state index contributed by atoms with van der Waals surface area (Å²) in [7, 11) is -2.80. The predicted molar refractivity (Wildman–Crippen MR) is 177 cm³/mol. The third kappa shape index (κ3) is 5.49. The van der Waals surface area contributed by atoms with Gasteiger partial charge in [-0.05, 0) is 17.9 Å². The highest BCUT2D eigenvalue weighted by Crippen LogP contribution is 2.53. The molecule has 0 spiro atoms. The number of rotatable bonds is 7. The lowest BCUT2D eigenvalue weighted by atomic mass is 9.70. The number of allylic oxidation sites excluding steroid dienone is 2. The van der Waals surface area contributed by atoms with Crippen LogP contribution in [0.1, 0.15) is 45.1 Å². The zero-order valence-corrected chi connectivity index (χ0v) is 26.2. The number of nitrogens with zero attached hydrogens (tertiary/aromatic N) is 1. The van der Waals surface area contributed by atoms with Crippen molar-refractivity contribution in [2.45, 2.75) is 39.5 Å². The first kappa shape index (κ1) is 29.6. The van der Waals surface area contributed by atoms with E-state index in [2.05, 4.69) is 50.2 Å². The molecule has 0 N–H and O–H groups in total. The van der Waals surface area contributed by atoms with Crippen molar-refractivity contribution >= 4 is 34.7 Å². The Morgan fingerprint density at radius 3 is 1.75 bits per heavy atom. The van der Waals surface area contributed by atoms with Crippen molar-refractivity contribution in [3.63, 3.8) is 0 Å². The highest BCUT2D eigenvalue weighted by molar-refractivity contribution is 7.87. The number of carbonyl (C=O) groups excluding carboxylic acids is 2. The Balaban J connectivity index is 1.75. The first-order valence-corrected chi connectivity index (χ1v) is 16.8. The fourth-order valence-corrected chi connectivity index (χ4v) is 9.76. The second kappa shape index (κ2) is 12.3. The summed E-state index contributed by atoms with van der Waals surface area (Å²) in [6.07, 6.45) is 0.927. The highest BCUT2D eigenvalue weighted by atomic mass is 31.2. The van der Waals surface area contributed by atoms with Crippen LogP contribution in [0.4, 0.5) is 0 Å². The van der Waals surface area contributed by atoms with Crippen LogP contribution in [0.25, 0.3) is 0 Å². The molecule has 222 valence electrons. The summed E-state index contributed by atoms with van der Waals surface area (Å²) in [5.74, 6) is -0.408. The van der Waals surface area contributed by atoms with Gasteiger partial charge in [0, 0.05) is 34.3 Å². The number of Topliss-reactive ketones (excluding diaryl/α,β-unsaturated/α-hetero) is 1. The van der Waals surface area contributed by atoms with Gasteiger partial charge in [-0.25, -0.2) is 9.54 Å². The molecule has 4 aromatic rings. The SMILES string of the molecule is CCOC(=O)C1=C(N=P(c2ccccc2)(c2ccccc2)c2ccccc2)OC2=C(C(=O)CC(C)(C)C2)C1c1ccccc1. The van der Waals surface area contributed by atoms with Gasteiger partial charge < -0.3 is 9.47 Å². The minimum atomic E-state index is -2.80. The summed E-state index contributed by atoms with van der Waals surface area (Å²) in [5, 5.41) is 3.06. The van der Waals surface area contributed by atoms with Crippen molar-refractivity contribution < 1.29 is 19.1 Å². The Hall–Kier alpha value is -4.47. The van der Waals surface area contributed by atoms with E-state index in [-0.39, 0.29) is 29.3 Å². The van der Waals surface area contributed by atoms with E-state index in [0.29, 0.717) is 24.2 Å². The molecule has 44 heavy (non-hydrogen) atoms. The van der Waals surface area contributed by atoms with E-state index in [1.165, 1.54) is 0 Å². The van der Waals surface area contributed by atoms with Gasteiger partial charge in [0.25, 0.3) is 0 Å². The first-order valence-electron chi connectivity index (χ1n) is 15.0. The van der Waals surface area contributed by atoms with Crippen LogP contribution in [0.5, 0.6) is 0 Å². The number of ketones is 1. The molecular formula is C38H36NO4P. The molecule has 1 heterocycles. The molecule has 4 aromatic carbocycles. The summed E-state index contributed by atoms with van der Waals surface area (Å²) in [6, 6.07) is 40.3. The Kier molecular flexibility index (Phi) is 8.25. The van der Waals surface area contributed by atoms with E-state index >= 15 is 0 Å². The maximum Gasteiger partial charge on any atom is 0.340 e. The van der Waals surface area contributed by atoms with Crippen LogP contribution in [-0.4, -0.2) is 18.4 Å². The average Bonchev–Trinajstić information content (AvgIpc) is 3.04. The largest absolute Gasteiger partial charge is 0.462 e. The monoisotopic (exact) mass is 601 g/mol. The van der Waals surface area contributed by atoms with E-state index in [9.17, 15) is 9.59 Å². The molecule has 6 rings (SSSR count). The molecule has 0 saturated carbocycles. The summed E-state index contributed by atoms with van der Waals surface area (Å²) >= 11 is 0. The second-order valence-corrected chi connectivity index (χ2v) is 14.9. The van der Waals surface area contributed by atoms with Crippen LogP contribution in [-0.2, 0) is 19.1 Å². The number of esters is 1. The molecule has 0 amide bonds. The fourth-order valence-electron chi connectivity index (χ4n) is 6.29. The van der Waals surface area contributed by atoms with E-state index in [4.69, 9.17) is 14.2 Å². The minimum absolute atomic E-state index is 0.0128. The molecule has 2 aliphatic rings. The third-order valence-electron chi connectivity index (χ3n) is 8.17. The Bertz CT molecular complexity index is 1690. The lowest BCUT2D eigenvalue weighted by Gasteiger charge is -2.38. The number of benzene rings is 4. The van der Waals surface area contributed by atoms with E-state index in [1.54, 1.807) is 6.92 Å². The maximum absolute atomic E-state index is 14.1. The quantitative estimate of drug-likeness (QED) is 0.164. The van der Waals surface area contributed by atoms with Gasteiger partial charge in [-0.2, -0.15) is 0 Å². The molecule has 0 fully saturated rings. The molecule has 0 aromatic heterocycles. The Morgan fingerprint density at radius 2 is 1.27 bits per heavy atom. The van der Waals surface area contributed by atoms with Gasteiger partial charge in [-0.1, -0.05) is 135 Å². The molecule has 1 aliphatic carbocycles. The van der Waals surface area contributed by atoms with Crippen LogP contribution in [0, 0.1) is 5.41 Å². The summed E-state index contributed by atoms with van der Waals surface area (Å²) in [4.78, 5) is 27.9. The number of ether oxygens (including phenoxy) is 2. The zero-order valence-electron chi connectivity index (χ0n) is 25.3. The zero-order chi connectivity index (χ0) is 30.7.